The summed E-state index contributed by atoms with van der Waals surface area (Å²) in [5, 5.41) is 8.69. The molecule has 0 aliphatic heterocycles. The normalized spacial score (nSPS) is 11.9. The van der Waals surface area contributed by atoms with E-state index in [2.05, 4.69) is 25.7 Å². The number of imide groups is 1. The van der Waals surface area contributed by atoms with Crippen molar-refractivity contribution < 1.29 is 9.59 Å². The minimum Gasteiger partial charge on any atom is -0.341 e. The number of para-hydroxylation sites is 1. The number of nitrogens with zero attached hydrogens (tertiary/aromatic N) is 3. The number of hydrogen-bond acceptors (Lipinski definition) is 6. The van der Waals surface area contributed by atoms with Crippen molar-refractivity contribution >= 4 is 34.7 Å². The van der Waals surface area contributed by atoms with Gasteiger partial charge in [0.05, 0.1) is 17.1 Å². The first-order valence-electron chi connectivity index (χ1n) is 7.72. The molecule has 0 spiro atoms. The fraction of sp³-hybridized carbons (Fsp3) is 0.188. The van der Waals surface area contributed by atoms with Crippen LogP contribution in [-0.2, 0) is 4.79 Å². The SMILES string of the molecule is CNC(=O)NC(=O)[C@H](C)Sc1nc2c(cnn2-c2ccccc2)c(=O)[nH]1. The highest BCUT2D eigenvalue weighted by molar-refractivity contribution is 8.00. The molecule has 0 saturated carbocycles. The van der Waals surface area contributed by atoms with Crippen LogP contribution in [0.25, 0.3) is 16.7 Å². The van der Waals surface area contributed by atoms with Crippen LogP contribution >= 0.6 is 11.8 Å². The number of carbonyl (C=O) groups is 2. The number of urea groups is 1. The van der Waals surface area contributed by atoms with Crippen molar-refractivity contribution in [2.45, 2.75) is 17.3 Å². The van der Waals surface area contributed by atoms with Crippen LogP contribution in [0.4, 0.5) is 4.79 Å². The smallest absolute Gasteiger partial charge is 0.321 e. The van der Waals surface area contributed by atoms with Crippen LogP contribution in [0.1, 0.15) is 6.92 Å². The van der Waals surface area contributed by atoms with Gasteiger partial charge in [0.1, 0.15) is 5.39 Å². The van der Waals surface area contributed by atoms with E-state index < -0.39 is 17.2 Å². The topological polar surface area (TPSA) is 122 Å². The van der Waals surface area contributed by atoms with Crippen molar-refractivity contribution in [3.8, 4) is 5.69 Å². The van der Waals surface area contributed by atoms with E-state index in [0.29, 0.717) is 11.0 Å². The minimum atomic E-state index is -0.638. The van der Waals surface area contributed by atoms with Gasteiger partial charge in [-0.25, -0.2) is 14.5 Å². The van der Waals surface area contributed by atoms with Gasteiger partial charge in [0.2, 0.25) is 5.91 Å². The fourth-order valence-corrected chi connectivity index (χ4v) is 3.00. The van der Waals surface area contributed by atoms with E-state index in [0.717, 1.165) is 17.4 Å². The second kappa shape index (κ2) is 7.40. The van der Waals surface area contributed by atoms with Gasteiger partial charge in [0, 0.05) is 7.05 Å². The van der Waals surface area contributed by atoms with E-state index in [1.165, 1.54) is 13.2 Å². The molecular formula is C16H16N6O3S. The number of aromatic nitrogens is 4. The van der Waals surface area contributed by atoms with Gasteiger partial charge in [0.15, 0.2) is 10.8 Å². The van der Waals surface area contributed by atoms with Crippen molar-refractivity contribution in [1.82, 2.24) is 30.4 Å². The molecule has 3 amide bonds. The summed E-state index contributed by atoms with van der Waals surface area (Å²) in [5.41, 5.74) is 0.807. The van der Waals surface area contributed by atoms with Gasteiger partial charge in [0.25, 0.3) is 5.56 Å². The third-order valence-corrected chi connectivity index (χ3v) is 4.52. The summed E-state index contributed by atoms with van der Waals surface area (Å²) in [5.74, 6) is -0.492. The van der Waals surface area contributed by atoms with Crippen LogP contribution in [0.15, 0.2) is 46.5 Å². The minimum absolute atomic E-state index is 0.264. The summed E-state index contributed by atoms with van der Waals surface area (Å²) < 4.78 is 1.56. The maximum Gasteiger partial charge on any atom is 0.321 e. The van der Waals surface area contributed by atoms with E-state index in [9.17, 15) is 14.4 Å². The fourth-order valence-electron chi connectivity index (χ4n) is 2.21. The number of hydrogen-bond donors (Lipinski definition) is 3. The van der Waals surface area contributed by atoms with Crippen molar-refractivity contribution in [2.75, 3.05) is 7.05 Å². The molecule has 9 nitrogen and oxygen atoms in total. The van der Waals surface area contributed by atoms with E-state index >= 15 is 0 Å². The number of aromatic amines is 1. The summed E-state index contributed by atoms with van der Waals surface area (Å²) >= 11 is 1.04. The van der Waals surface area contributed by atoms with Crippen molar-refractivity contribution in [1.29, 1.82) is 0 Å². The number of rotatable bonds is 4. The molecule has 3 N–H and O–H groups in total. The molecule has 134 valence electrons. The van der Waals surface area contributed by atoms with Gasteiger partial charge < -0.3 is 10.3 Å². The van der Waals surface area contributed by atoms with Crippen LogP contribution in [-0.4, -0.2) is 44.0 Å². The maximum atomic E-state index is 12.3. The predicted molar refractivity (Wildman–Crippen MR) is 97.4 cm³/mol. The zero-order chi connectivity index (χ0) is 18.7. The monoisotopic (exact) mass is 372 g/mol. The highest BCUT2D eigenvalue weighted by Crippen LogP contribution is 2.21. The standard InChI is InChI=1S/C16H16N6O3S/c1-9(13(23)20-15(25)17-2)26-16-19-12-11(14(24)21-16)8-18-22(12)10-6-4-3-5-7-10/h3-9H,1-2H3,(H,19,21,24)(H2,17,20,23,25)/t9-/m0/s1. The Labute approximate surface area is 152 Å². The van der Waals surface area contributed by atoms with Crippen LogP contribution in [0.5, 0.6) is 0 Å². The van der Waals surface area contributed by atoms with Crippen LogP contribution in [0, 0.1) is 0 Å². The Kier molecular flexibility index (Phi) is 5.03. The third kappa shape index (κ3) is 3.59. The zero-order valence-electron chi connectivity index (χ0n) is 14.0. The summed E-state index contributed by atoms with van der Waals surface area (Å²) in [7, 11) is 1.41. The Morgan fingerprint density at radius 2 is 2.00 bits per heavy atom. The summed E-state index contributed by atoms with van der Waals surface area (Å²) in [6.07, 6.45) is 1.45. The summed E-state index contributed by atoms with van der Waals surface area (Å²) in [6, 6.07) is 8.70. The Bertz CT molecular complexity index is 1010. The first-order valence-corrected chi connectivity index (χ1v) is 8.60. The van der Waals surface area contributed by atoms with Crippen LogP contribution < -0.4 is 16.2 Å². The Morgan fingerprint density at radius 1 is 1.27 bits per heavy atom. The molecule has 1 aromatic carbocycles. The van der Waals surface area contributed by atoms with Gasteiger partial charge in [-0.3, -0.25) is 14.9 Å². The molecule has 10 heteroatoms. The van der Waals surface area contributed by atoms with Crippen molar-refractivity contribution in [2.24, 2.45) is 0 Å². The Morgan fingerprint density at radius 3 is 2.69 bits per heavy atom. The lowest BCUT2D eigenvalue weighted by molar-refractivity contribution is -0.119. The quantitative estimate of drug-likeness (QED) is 0.465. The number of amides is 3. The molecule has 0 unspecified atom stereocenters. The van der Waals surface area contributed by atoms with Gasteiger partial charge in [-0.05, 0) is 19.1 Å². The highest BCUT2D eigenvalue weighted by atomic mass is 32.2. The summed E-state index contributed by atoms with van der Waals surface area (Å²) in [6.45, 7) is 1.61. The van der Waals surface area contributed by atoms with E-state index in [1.54, 1.807) is 11.6 Å². The Balaban J connectivity index is 1.92. The number of H-pyrrole nitrogens is 1. The lowest BCUT2D eigenvalue weighted by atomic mass is 10.3. The van der Waals surface area contributed by atoms with Crippen molar-refractivity contribution in [3.63, 3.8) is 0 Å². The Hall–Kier alpha value is -3.14. The van der Waals surface area contributed by atoms with E-state index in [-0.39, 0.29) is 10.7 Å². The van der Waals surface area contributed by atoms with Gasteiger partial charge in [-0.1, -0.05) is 30.0 Å². The number of nitrogens with one attached hydrogen (secondary N) is 3. The molecule has 2 aromatic heterocycles. The van der Waals surface area contributed by atoms with Crippen molar-refractivity contribution in [3.05, 3.63) is 46.9 Å². The van der Waals surface area contributed by atoms with Gasteiger partial charge >= 0.3 is 6.03 Å². The van der Waals surface area contributed by atoms with Gasteiger partial charge in [-0.2, -0.15) is 5.10 Å². The lowest BCUT2D eigenvalue weighted by Crippen LogP contribution is -2.41. The molecular weight excluding hydrogens is 356 g/mol. The van der Waals surface area contributed by atoms with E-state index in [1.807, 2.05) is 30.3 Å². The average Bonchev–Trinajstić information content (AvgIpc) is 3.06. The average molecular weight is 372 g/mol. The zero-order valence-corrected chi connectivity index (χ0v) is 14.8. The molecule has 0 aliphatic carbocycles. The maximum absolute atomic E-state index is 12.3. The largest absolute Gasteiger partial charge is 0.341 e. The lowest BCUT2D eigenvalue weighted by Gasteiger charge is -2.10. The third-order valence-electron chi connectivity index (χ3n) is 3.54. The second-order valence-corrected chi connectivity index (χ2v) is 6.66. The van der Waals surface area contributed by atoms with Crippen LogP contribution in [0.3, 0.4) is 0 Å². The number of fused-ring (bicyclic) bond motifs is 1. The number of benzene rings is 1. The molecule has 0 bridgehead atoms. The molecule has 0 saturated heterocycles. The molecule has 0 aliphatic rings. The first-order chi connectivity index (χ1) is 12.5. The predicted octanol–water partition coefficient (Wildman–Crippen LogP) is 1.04. The molecule has 26 heavy (non-hydrogen) atoms. The second-order valence-electron chi connectivity index (χ2n) is 5.33. The molecule has 2 heterocycles. The molecule has 3 aromatic rings. The summed E-state index contributed by atoms with van der Waals surface area (Å²) in [4.78, 5) is 42.6. The molecule has 3 rings (SSSR count). The molecule has 0 radical (unpaired) electrons. The highest BCUT2D eigenvalue weighted by Gasteiger charge is 2.19. The van der Waals surface area contributed by atoms with E-state index in [4.69, 9.17) is 0 Å². The first kappa shape index (κ1) is 17.7. The number of thioether (sulfide) groups is 1. The molecule has 1 atom stereocenters. The molecule has 0 fully saturated rings. The van der Waals surface area contributed by atoms with Crippen LogP contribution in [0.2, 0.25) is 0 Å². The number of carbonyl (C=O) groups excluding carboxylic acids is 2. The van der Waals surface area contributed by atoms with Gasteiger partial charge in [-0.15, -0.1) is 0 Å².